The molecule has 1 aliphatic heterocycles. The smallest absolute Gasteiger partial charge is 0.0630 e. The normalized spacial score (nSPS) is 25.4. The van der Waals surface area contributed by atoms with Gasteiger partial charge in [0, 0.05) is 25.7 Å². The number of nitrogens with zero attached hydrogens (tertiary/aromatic N) is 1. The molecule has 0 aromatic carbocycles. The van der Waals surface area contributed by atoms with Crippen molar-refractivity contribution in [2.24, 2.45) is 5.73 Å². The Balaban J connectivity index is 2.52. The molecule has 2 unspecified atom stereocenters. The molecule has 0 aromatic heterocycles. The van der Waals surface area contributed by atoms with Crippen LogP contribution in [0.3, 0.4) is 0 Å². The largest absolute Gasteiger partial charge is 0.383 e. The number of piperidine rings is 1. The molecule has 1 heterocycles. The molecule has 1 aliphatic rings. The van der Waals surface area contributed by atoms with Crippen molar-refractivity contribution in [2.45, 2.75) is 51.1 Å². The van der Waals surface area contributed by atoms with Crippen LogP contribution in [0.1, 0.15) is 39.0 Å². The molecule has 2 N–H and O–H groups in total. The Hall–Kier alpha value is -0.120. The first-order valence-electron chi connectivity index (χ1n) is 6.28. The van der Waals surface area contributed by atoms with Gasteiger partial charge in [-0.15, -0.1) is 0 Å². The molecular weight excluding hydrogens is 188 g/mol. The highest BCUT2D eigenvalue weighted by atomic mass is 16.5. The highest BCUT2D eigenvalue weighted by Gasteiger charge is 2.27. The summed E-state index contributed by atoms with van der Waals surface area (Å²) in [6.45, 7) is 4.96. The van der Waals surface area contributed by atoms with Crippen molar-refractivity contribution in [1.29, 1.82) is 0 Å². The zero-order valence-corrected chi connectivity index (χ0v) is 10.2. The maximum Gasteiger partial charge on any atom is 0.0630 e. The van der Waals surface area contributed by atoms with E-state index in [1.54, 1.807) is 7.11 Å². The van der Waals surface area contributed by atoms with Crippen LogP contribution in [-0.2, 0) is 4.74 Å². The number of hydrogen-bond donors (Lipinski definition) is 1. The minimum absolute atomic E-state index is 0.423. The van der Waals surface area contributed by atoms with Crippen molar-refractivity contribution >= 4 is 0 Å². The lowest BCUT2D eigenvalue weighted by molar-refractivity contribution is 0.0408. The van der Waals surface area contributed by atoms with Crippen LogP contribution >= 0.6 is 0 Å². The summed E-state index contributed by atoms with van der Waals surface area (Å²) in [6, 6.07) is 1.17. The first-order valence-corrected chi connectivity index (χ1v) is 6.28. The number of hydrogen-bond acceptors (Lipinski definition) is 3. The molecule has 0 aromatic rings. The van der Waals surface area contributed by atoms with Gasteiger partial charge in [-0.3, -0.25) is 4.90 Å². The Bertz CT molecular complexity index is 153. The van der Waals surface area contributed by atoms with E-state index in [1.807, 2.05) is 0 Å². The first kappa shape index (κ1) is 12.9. The van der Waals surface area contributed by atoms with E-state index in [0.29, 0.717) is 12.6 Å². The summed E-state index contributed by atoms with van der Waals surface area (Å²) >= 11 is 0. The van der Waals surface area contributed by atoms with Crippen LogP contribution in [0, 0.1) is 0 Å². The van der Waals surface area contributed by atoms with Crippen molar-refractivity contribution in [3.8, 4) is 0 Å². The molecule has 3 nitrogen and oxygen atoms in total. The van der Waals surface area contributed by atoms with Crippen LogP contribution in [0.4, 0.5) is 0 Å². The Morgan fingerprint density at radius 3 is 2.87 bits per heavy atom. The summed E-state index contributed by atoms with van der Waals surface area (Å²) in [5, 5.41) is 0. The fraction of sp³-hybridized carbons (Fsp3) is 1.00. The second-order valence-electron chi connectivity index (χ2n) is 4.52. The second kappa shape index (κ2) is 7.20. The van der Waals surface area contributed by atoms with E-state index in [2.05, 4.69) is 11.8 Å². The third-order valence-electron chi connectivity index (χ3n) is 3.39. The number of ether oxygens (including phenoxy) is 1. The summed E-state index contributed by atoms with van der Waals surface area (Å²) in [4.78, 5) is 2.58. The molecule has 0 amide bonds. The molecule has 15 heavy (non-hydrogen) atoms. The molecule has 1 fully saturated rings. The minimum Gasteiger partial charge on any atom is -0.383 e. The maximum atomic E-state index is 5.83. The number of nitrogens with two attached hydrogens (primary N) is 1. The molecule has 0 bridgehead atoms. The lowest BCUT2D eigenvalue weighted by Gasteiger charge is -2.40. The van der Waals surface area contributed by atoms with Crippen molar-refractivity contribution in [3.63, 3.8) is 0 Å². The molecule has 0 saturated carbocycles. The second-order valence-corrected chi connectivity index (χ2v) is 4.52. The number of likely N-dealkylation sites (tertiary alicyclic amines) is 1. The molecule has 0 radical (unpaired) electrons. The predicted octanol–water partition coefficient (Wildman–Crippen LogP) is 1.61. The Kier molecular flexibility index (Phi) is 6.22. The summed E-state index contributed by atoms with van der Waals surface area (Å²) in [5.41, 5.74) is 5.83. The van der Waals surface area contributed by atoms with Gasteiger partial charge < -0.3 is 10.5 Å². The summed E-state index contributed by atoms with van der Waals surface area (Å²) in [6.07, 6.45) is 6.62. The van der Waals surface area contributed by atoms with Crippen LogP contribution in [-0.4, -0.2) is 43.8 Å². The molecule has 3 heteroatoms. The Labute approximate surface area is 94.0 Å². The van der Waals surface area contributed by atoms with Crippen LogP contribution in [0.15, 0.2) is 0 Å². The number of rotatable bonds is 6. The van der Waals surface area contributed by atoms with Crippen molar-refractivity contribution in [3.05, 3.63) is 0 Å². The highest BCUT2D eigenvalue weighted by Crippen LogP contribution is 2.22. The number of methoxy groups -OCH3 is 1. The van der Waals surface area contributed by atoms with Gasteiger partial charge in [0.05, 0.1) is 6.61 Å². The third-order valence-corrected chi connectivity index (χ3v) is 3.39. The van der Waals surface area contributed by atoms with Gasteiger partial charge in [0.25, 0.3) is 0 Å². The zero-order valence-electron chi connectivity index (χ0n) is 10.2. The van der Waals surface area contributed by atoms with Crippen LogP contribution in [0.2, 0.25) is 0 Å². The van der Waals surface area contributed by atoms with Crippen LogP contribution in [0.5, 0.6) is 0 Å². The van der Waals surface area contributed by atoms with E-state index in [9.17, 15) is 0 Å². The molecule has 1 rings (SSSR count). The van der Waals surface area contributed by atoms with E-state index in [0.717, 1.165) is 12.6 Å². The van der Waals surface area contributed by atoms with Gasteiger partial charge in [0.2, 0.25) is 0 Å². The predicted molar refractivity (Wildman–Crippen MR) is 64.0 cm³/mol. The van der Waals surface area contributed by atoms with Gasteiger partial charge in [-0.2, -0.15) is 0 Å². The van der Waals surface area contributed by atoms with Gasteiger partial charge in [0.15, 0.2) is 0 Å². The highest BCUT2D eigenvalue weighted by molar-refractivity contribution is 4.83. The lowest BCUT2D eigenvalue weighted by Crippen LogP contribution is -2.51. The summed E-state index contributed by atoms with van der Waals surface area (Å²) in [5.74, 6) is 0. The Morgan fingerprint density at radius 1 is 1.47 bits per heavy atom. The standard InChI is InChI=1S/C12H26N2O/c1-3-6-11-7-4-5-8-14(11)12(9-13)10-15-2/h11-12H,3-10,13H2,1-2H3. The van der Waals surface area contributed by atoms with E-state index in [1.165, 1.54) is 38.6 Å². The fourth-order valence-electron chi connectivity index (χ4n) is 2.64. The van der Waals surface area contributed by atoms with Crippen LogP contribution < -0.4 is 5.73 Å². The first-order chi connectivity index (χ1) is 7.33. The summed E-state index contributed by atoms with van der Waals surface area (Å²) in [7, 11) is 1.77. The van der Waals surface area contributed by atoms with E-state index >= 15 is 0 Å². The average Bonchev–Trinajstić information content (AvgIpc) is 2.27. The average molecular weight is 214 g/mol. The topological polar surface area (TPSA) is 38.5 Å². The monoisotopic (exact) mass is 214 g/mol. The maximum absolute atomic E-state index is 5.83. The minimum atomic E-state index is 0.423. The summed E-state index contributed by atoms with van der Waals surface area (Å²) < 4.78 is 5.25. The van der Waals surface area contributed by atoms with Crippen molar-refractivity contribution < 1.29 is 4.74 Å². The van der Waals surface area contributed by atoms with E-state index in [4.69, 9.17) is 10.5 Å². The molecule has 1 saturated heterocycles. The zero-order chi connectivity index (χ0) is 11.1. The van der Waals surface area contributed by atoms with E-state index < -0.39 is 0 Å². The quantitative estimate of drug-likeness (QED) is 0.730. The molecule has 0 aliphatic carbocycles. The Morgan fingerprint density at radius 2 is 2.27 bits per heavy atom. The molecule has 90 valence electrons. The third kappa shape index (κ3) is 3.74. The molecular formula is C12H26N2O. The molecule has 2 atom stereocenters. The SMILES string of the molecule is CCCC1CCCCN1C(CN)COC. The fourth-order valence-corrected chi connectivity index (χ4v) is 2.64. The van der Waals surface area contributed by atoms with Gasteiger partial charge in [-0.05, 0) is 25.8 Å². The van der Waals surface area contributed by atoms with Crippen molar-refractivity contribution in [1.82, 2.24) is 4.90 Å². The van der Waals surface area contributed by atoms with Gasteiger partial charge in [-0.1, -0.05) is 19.8 Å². The van der Waals surface area contributed by atoms with Gasteiger partial charge in [-0.25, -0.2) is 0 Å². The van der Waals surface area contributed by atoms with Gasteiger partial charge in [0.1, 0.15) is 0 Å². The van der Waals surface area contributed by atoms with E-state index in [-0.39, 0.29) is 0 Å². The van der Waals surface area contributed by atoms with Crippen LogP contribution in [0.25, 0.3) is 0 Å². The lowest BCUT2D eigenvalue weighted by atomic mass is 9.96. The van der Waals surface area contributed by atoms with Gasteiger partial charge >= 0.3 is 0 Å². The molecule has 0 spiro atoms. The van der Waals surface area contributed by atoms with Crippen molar-refractivity contribution in [2.75, 3.05) is 26.8 Å².